The molecule has 1 rings (SSSR count). The lowest BCUT2D eigenvalue weighted by Gasteiger charge is -2.14. The van der Waals surface area contributed by atoms with E-state index in [2.05, 4.69) is 15.9 Å². The molecule has 0 aromatic heterocycles. The molecular weight excluding hydrogens is 313 g/mol. The van der Waals surface area contributed by atoms with Gasteiger partial charge in [0.1, 0.15) is 0 Å². The topological polar surface area (TPSA) is 26.3 Å². The van der Waals surface area contributed by atoms with Crippen LogP contribution in [0.3, 0.4) is 0 Å². The minimum atomic E-state index is -4.42. The van der Waals surface area contributed by atoms with Crippen LogP contribution in [0.1, 0.15) is 24.5 Å². The van der Waals surface area contributed by atoms with E-state index in [-0.39, 0.29) is 25.0 Å². The molecule has 0 unspecified atom stereocenters. The molecule has 100 valence electrons. The predicted octanol–water partition coefficient (Wildman–Crippen LogP) is 3.96. The van der Waals surface area contributed by atoms with Gasteiger partial charge in [-0.3, -0.25) is 4.79 Å². The first-order chi connectivity index (χ1) is 8.36. The average molecular weight is 325 g/mol. The first kappa shape index (κ1) is 15.0. The third-order valence-electron chi connectivity index (χ3n) is 2.31. The summed E-state index contributed by atoms with van der Waals surface area (Å²) in [6.45, 7) is 1.87. The largest absolute Gasteiger partial charge is 0.466 e. The van der Waals surface area contributed by atoms with Crippen LogP contribution in [0, 0.1) is 0 Å². The molecule has 2 nitrogen and oxygen atoms in total. The Morgan fingerprint density at radius 1 is 1.39 bits per heavy atom. The summed E-state index contributed by atoms with van der Waals surface area (Å²) >= 11 is 3.08. The minimum absolute atomic E-state index is 0.00486. The van der Waals surface area contributed by atoms with Gasteiger partial charge in [0.2, 0.25) is 0 Å². The molecule has 0 N–H and O–H groups in total. The van der Waals surface area contributed by atoms with E-state index in [0.29, 0.717) is 4.47 Å². The molecule has 1 aromatic rings. The molecule has 0 aliphatic carbocycles. The summed E-state index contributed by atoms with van der Waals surface area (Å²) in [6, 6.07) is 3.85. The molecule has 18 heavy (non-hydrogen) atoms. The Kier molecular flexibility index (Phi) is 5.19. The van der Waals surface area contributed by atoms with Crippen LogP contribution in [0.2, 0.25) is 0 Å². The summed E-state index contributed by atoms with van der Waals surface area (Å²) in [7, 11) is 0. The summed E-state index contributed by atoms with van der Waals surface area (Å²) in [4.78, 5) is 11.2. The van der Waals surface area contributed by atoms with Gasteiger partial charge < -0.3 is 4.74 Å². The van der Waals surface area contributed by atoms with Gasteiger partial charge in [-0.05, 0) is 31.0 Å². The summed E-state index contributed by atoms with van der Waals surface area (Å²) in [5.74, 6) is -0.499. The molecule has 0 saturated carbocycles. The van der Waals surface area contributed by atoms with Crippen molar-refractivity contribution in [3.05, 3.63) is 33.8 Å². The fourth-order valence-corrected chi connectivity index (χ4v) is 2.10. The van der Waals surface area contributed by atoms with Crippen molar-refractivity contribution < 1.29 is 22.7 Å². The van der Waals surface area contributed by atoms with E-state index in [1.165, 1.54) is 12.1 Å². The standard InChI is InChI=1S/C12H12BrF3O2/c1-2-18-11(17)7-6-8-9(12(14,15)16)4-3-5-10(8)13/h3-5H,2,6-7H2,1H3. The Balaban J connectivity index is 2.90. The van der Waals surface area contributed by atoms with Gasteiger partial charge in [-0.25, -0.2) is 0 Å². The lowest BCUT2D eigenvalue weighted by atomic mass is 10.0. The highest BCUT2D eigenvalue weighted by atomic mass is 79.9. The van der Waals surface area contributed by atoms with Crippen molar-refractivity contribution in [2.45, 2.75) is 25.9 Å². The van der Waals surface area contributed by atoms with Crippen LogP contribution in [0.25, 0.3) is 0 Å². The second-order valence-electron chi connectivity index (χ2n) is 3.57. The van der Waals surface area contributed by atoms with Gasteiger partial charge in [-0.2, -0.15) is 13.2 Å². The molecule has 0 atom stereocenters. The number of ether oxygens (including phenoxy) is 1. The Morgan fingerprint density at radius 2 is 2.06 bits per heavy atom. The van der Waals surface area contributed by atoms with Gasteiger partial charge in [0.15, 0.2) is 0 Å². The summed E-state index contributed by atoms with van der Waals surface area (Å²) in [5.41, 5.74) is -0.640. The van der Waals surface area contributed by atoms with E-state index >= 15 is 0 Å². The van der Waals surface area contributed by atoms with Gasteiger partial charge in [0, 0.05) is 10.9 Å². The fourth-order valence-electron chi connectivity index (χ4n) is 1.54. The van der Waals surface area contributed by atoms with Gasteiger partial charge in [0.05, 0.1) is 12.2 Å². The zero-order valence-corrected chi connectivity index (χ0v) is 11.3. The maximum atomic E-state index is 12.8. The number of rotatable bonds is 4. The Morgan fingerprint density at radius 3 is 2.61 bits per heavy atom. The average Bonchev–Trinajstić information content (AvgIpc) is 2.26. The number of alkyl halides is 3. The summed E-state index contributed by atoms with van der Waals surface area (Å²) < 4.78 is 43.3. The molecule has 1 aromatic carbocycles. The number of hydrogen-bond acceptors (Lipinski definition) is 2. The Hall–Kier alpha value is -1.04. The molecule has 0 spiro atoms. The number of benzene rings is 1. The van der Waals surface area contributed by atoms with Crippen LogP contribution < -0.4 is 0 Å². The zero-order chi connectivity index (χ0) is 13.8. The van der Waals surface area contributed by atoms with Crippen molar-refractivity contribution in [3.8, 4) is 0 Å². The number of carbonyl (C=O) groups is 1. The number of hydrogen-bond donors (Lipinski definition) is 0. The summed E-state index contributed by atoms with van der Waals surface area (Å²) in [6.07, 6.45) is -4.50. The van der Waals surface area contributed by atoms with Gasteiger partial charge >= 0.3 is 12.1 Å². The molecule has 0 bridgehead atoms. The van der Waals surface area contributed by atoms with Crippen LogP contribution in [-0.2, 0) is 22.1 Å². The highest BCUT2D eigenvalue weighted by molar-refractivity contribution is 9.10. The lowest BCUT2D eigenvalue weighted by Crippen LogP contribution is -2.12. The molecule has 0 saturated heterocycles. The van der Waals surface area contributed by atoms with E-state index < -0.39 is 17.7 Å². The highest BCUT2D eigenvalue weighted by Gasteiger charge is 2.33. The van der Waals surface area contributed by atoms with Crippen molar-refractivity contribution in [1.29, 1.82) is 0 Å². The van der Waals surface area contributed by atoms with Crippen molar-refractivity contribution in [3.63, 3.8) is 0 Å². The van der Waals surface area contributed by atoms with E-state index in [1.54, 1.807) is 6.92 Å². The van der Waals surface area contributed by atoms with Crippen LogP contribution in [0.15, 0.2) is 22.7 Å². The van der Waals surface area contributed by atoms with Gasteiger partial charge in [0.25, 0.3) is 0 Å². The number of esters is 1. The zero-order valence-electron chi connectivity index (χ0n) is 9.68. The maximum Gasteiger partial charge on any atom is 0.416 e. The van der Waals surface area contributed by atoms with Crippen molar-refractivity contribution in [2.24, 2.45) is 0 Å². The number of carbonyl (C=O) groups excluding carboxylic acids is 1. The highest BCUT2D eigenvalue weighted by Crippen LogP contribution is 2.35. The van der Waals surface area contributed by atoms with Crippen molar-refractivity contribution in [2.75, 3.05) is 6.61 Å². The molecule has 6 heteroatoms. The van der Waals surface area contributed by atoms with Crippen LogP contribution in [-0.4, -0.2) is 12.6 Å². The predicted molar refractivity (Wildman–Crippen MR) is 64.1 cm³/mol. The second-order valence-corrected chi connectivity index (χ2v) is 4.42. The second kappa shape index (κ2) is 6.22. The molecule has 0 aliphatic rings. The third kappa shape index (κ3) is 4.01. The maximum absolute atomic E-state index is 12.8. The fraction of sp³-hybridized carbons (Fsp3) is 0.417. The third-order valence-corrected chi connectivity index (χ3v) is 3.05. The van der Waals surface area contributed by atoms with Gasteiger partial charge in [-0.15, -0.1) is 0 Å². The van der Waals surface area contributed by atoms with Crippen molar-refractivity contribution >= 4 is 21.9 Å². The molecule has 0 fully saturated rings. The molecule has 0 heterocycles. The first-order valence-corrected chi connectivity index (χ1v) is 6.15. The summed E-state index contributed by atoms with van der Waals surface area (Å²) in [5, 5.41) is 0. The van der Waals surface area contributed by atoms with Crippen molar-refractivity contribution in [1.82, 2.24) is 0 Å². The molecule has 0 aliphatic heterocycles. The van der Waals surface area contributed by atoms with Crippen LogP contribution in [0.5, 0.6) is 0 Å². The van der Waals surface area contributed by atoms with E-state index in [0.717, 1.165) is 6.07 Å². The lowest BCUT2D eigenvalue weighted by molar-refractivity contribution is -0.144. The Bertz CT molecular complexity index is 430. The molecule has 0 amide bonds. The number of halogens is 4. The van der Waals surface area contributed by atoms with Gasteiger partial charge in [-0.1, -0.05) is 22.0 Å². The quantitative estimate of drug-likeness (QED) is 0.783. The van der Waals surface area contributed by atoms with E-state index in [9.17, 15) is 18.0 Å². The van der Waals surface area contributed by atoms with Crippen LogP contribution >= 0.6 is 15.9 Å². The normalized spacial score (nSPS) is 11.4. The SMILES string of the molecule is CCOC(=O)CCc1c(Br)cccc1C(F)(F)F. The first-order valence-electron chi connectivity index (χ1n) is 5.36. The monoisotopic (exact) mass is 324 g/mol. The molecule has 0 radical (unpaired) electrons. The minimum Gasteiger partial charge on any atom is -0.466 e. The van der Waals surface area contributed by atoms with E-state index in [1.807, 2.05) is 0 Å². The molecular formula is C12H12BrF3O2. The van der Waals surface area contributed by atoms with E-state index in [4.69, 9.17) is 4.74 Å². The Labute approximate surface area is 111 Å². The van der Waals surface area contributed by atoms with Crippen LogP contribution in [0.4, 0.5) is 13.2 Å². The smallest absolute Gasteiger partial charge is 0.416 e.